The predicted octanol–water partition coefficient (Wildman–Crippen LogP) is 10.5. The van der Waals surface area contributed by atoms with E-state index in [4.69, 9.17) is 18.9 Å². The van der Waals surface area contributed by atoms with Gasteiger partial charge in [-0.15, -0.1) is 0 Å². The molecule has 2 aromatic carbocycles. The molecule has 4 saturated carbocycles. The van der Waals surface area contributed by atoms with Gasteiger partial charge in [-0.2, -0.15) is 0 Å². The molecule has 0 amide bonds. The number of carbonyl (C=O) groups excluding carboxylic acids is 5. The first-order valence-electron chi connectivity index (χ1n) is 23.5. The Morgan fingerprint density at radius 1 is 0.754 bits per heavy atom. The first-order chi connectivity index (χ1) is 29.2. The number of carbonyl (C=O) groups is 5. The van der Waals surface area contributed by atoms with Crippen LogP contribution in [0.2, 0.25) is 0 Å². The summed E-state index contributed by atoms with van der Waals surface area (Å²) in [7, 11) is 0. The van der Waals surface area contributed by atoms with Crippen LogP contribution in [0.3, 0.4) is 0 Å². The molecule has 0 bridgehead atoms. The molecule has 0 spiro atoms. The Balaban J connectivity index is 0.790. The summed E-state index contributed by atoms with van der Waals surface area (Å²) in [5.74, 6) is 0.786. The standard InChI is InChI=1S/C52H64O9/c1-29(2)7-6-8-30(3)42-18-19-43-37-16-12-32-25-35(21-23-51(32,4)44(37)22-24-52(42,43)5)58-33-13-9-31(10-14-33)11-20-45(53)59-34-15-17-36-38(40-28-46(54)60-48(40)55)27-41-47(39(36)26-34)50(57)61-49(41)56/h9-11,13-15,17,20,26,29-30,32,35,37-38,40-44,47H,6-8,12,16,18-19,21-25,27-28H2,1-5H3/t30-,32?,35?,37?,38?,40?,41?,42-,43?,44?,47?,51+,52-/m1/s1. The van der Waals surface area contributed by atoms with Crippen LogP contribution in [0.4, 0.5) is 0 Å². The van der Waals surface area contributed by atoms with Gasteiger partial charge in [0.1, 0.15) is 11.5 Å². The third-order valence-electron chi connectivity index (χ3n) is 17.5. The number of rotatable bonds is 11. The molecule has 2 saturated heterocycles. The van der Waals surface area contributed by atoms with Crippen molar-refractivity contribution in [2.24, 2.45) is 64.1 Å². The van der Waals surface area contributed by atoms with Crippen LogP contribution in [0.25, 0.3) is 6.08 Å². The second-order valence-electron chi connectivity index (χ2n) is 21.1. The van der Waals surface area contributed by atoms with Gasteiger partial charge in [-0.05, 0) is 169 Å². The molecule has 0 N–H and O–H groups in total. The molecule has 2 heterocycles. The lowest BCUT2D eigenvalue weighted by molar-refractivity contribution is -0.155. The first kappa shape index (κ1) is 42.1. The monoisotopic (exact) mass is 832 g/mol. The second kappa shape index (κ2) is 16.5. The summed E-state index contributed by atoms with van der Waals surface area (Å²) in [6.45, 7) is 12.6. The summed E-state index contributed by atoms with van der Waals surface area (Å²) in [5.41, 5.74) is 2.86. The number of hydrogen-bond donors (Lipinski definition) is 0. The summed E-state index contributed by atoms with van der Waals surface area (Å²) in [4.78, 5) is 62.8. The van der Waals surface area contributed by atoms with E-state index in [0.29, 0.717) is 27.9 Å². The van der Waals surface area contributed by atoms with Gasteiger partial charge in [-0.25, -0.2) is 4.79 Å². The topological polar surface area (TPSA) is 122 Å². The van der Waals surface area contributed by atoms with Gasteiger partial charge < -0.3 is 18.9 Å². The number of esters is 5. The van der Waals surface area contributed by atoms with Gasteiger partial charge >= 0.3 is 29.8 Å². The highest BCUT2D eigenvalue weighted by molar-refractivity contribution is 6.01. The summed E-state index contributed by atoms with van der Waals surface area (Å²) >= 11 is 0. The van der Waals surface area contributed by atoms with Crippen molar-refractivity contribution in [2.45, 2.75) is 142 Å². The van der Waals surface area contributed by atoms with Gasteiger partial charge in [0.25, 0.3) is 0 Å². The summed E-state index contributed by atoms with van der Waals surface area (Å²) in [5, 5.41) is 0. The van der Waals surface area contributed by atoms with E-state index in [1.807, 2.05) is 24.3 Å². The molecule has 9 heteroatoms. The molecule has 7 aliphatic rings. The van der Waals surface area contributed by atoms with Crippen molar-refractivity contribution in [1.29, 1.82) is 0 Å². The lowest BCUT2D eigenvalue weighted by atomic mass is 9.44. The minimum atomic E-state index is -0.873. The van der Waals surface area contributed by atoms with Gasteiger partial charge in [0.15, 0.2) is 0 Å². The third-order valence-corrected chi connectivity index (χ3v) is 17.5. The number of hydrogen-bond acceptors (Lipinski definition) is 9. The molecule has 61 heavy (non-hydrogen) atoms. The van der Waals surface area contributed by atoms with Crippen molar-refractivity contribution in [2.75, 3.05) is 0 Å². The molecule has 2 aliphatic heterocycles. The quantitative estimate of drug-likeness (QED) is 0.0942. The Morgan fingerprint density at radius 3 is 2.25 bits per heavy atom. The Kier molecular flexibility index (Phi) is 11.3. The summed E-state index contributed by atoms with van der Waals surface area (Å²) < 4.78 is 22.1. The van der Waals surface area contributed by atoms with Crippen LogP contribution in [0, 0.1) is 64.1 Å². The second-order valence-corrected chi connectivity index (χ2v) is 21.1. The molecule has 9 unspecified atom stereocenters. The highest BCUT2D eigenvalue weighted by Crippen LogP contribution is 2.68. The van der Waals surface area contributed by atoms with Crippen molar-refractivity contribution in [3.63, 3.8) is 0 Å². The zero-order chi connectivity index (χ0) is 42.8. The van der Waals surface area contributed by atoms with Gasteiger partial charge in [0, 0.05) is 6.08 Å². The predicted molar refractivity (Wildman–Crippen MR) is 229 cm³/mol. The van der Waals surface area contributed by atoms with Crippen LogP contribution in [-0.2, 0) is 33.4 Å². The summed E-state index contributed by atoms with van der Waals surface area (Å²) in [6.07, 6.45) is 19.4. The fraction of sp³-hybridized carbons (Fsp3) is 0.635. The highest BCUT2D eigenvalue weighted by atomic mass is 16.6. The number of cyclic esters (lactones) is 4. The van der Waals surface area contributed by atoms with Crippen LogP contribution >= 0.6 is 0 Å². The molecule has 13 atom stereocenters. The number of ether oxygens (including phenoxy) is 4. The van der Waals surface area contributed by atoms with Crippen molar-refractivity contribution < 1.29 is 42.9 Å². The Morgan fingerprint density at radius 2 is 1.49 bits per heavy atom. The van der Waals surface area contributed by atoms with Crippen molar-refractivity contribution in [3.8, 4) is 11.5 Å². The third kappa shape index (κ3) is 7.79. The Hall–Kier alpha value is -4.27. The largest absolute Gasteiger partial charge is 0.490 e. The molecule has 0 aromatic heterocycles. The fourth-order valence-corrected chi connectivity index (χ4v) is 14.4. The van der Waals surface area contributed by atoms with Crippen LogP contribution in [0.1, 0.15) is 153 Å². The first-order valence-corrected chi connectivity index (χ1v) is 23.5. The van der Waals surface area contributed by atoms with Crippen LogP contribution in [-0.4, -0.2) is 36.0 Å². The van der Waals surface area contributed by atoms with Gasteiger partial charge in [-0.1, -0.05) is 72.1 Å². The maximum Gasteiger partial charge on any atom is 0.336 e. The van der Waals surface area contributed by atoms with Gasteiger partial charge in [0.05, 0.1) is 30.3 Å². The minimum Gasteiger partial charge on any atom is -0.490 e. The minimum absolute atomic E-state index is 0.0991. The molecule has 5 aliphatic carbocycles. The van der Waals surface area contributed by atoms with Gasteiger partial charge in [-0.3, -0.25) is 19.2 Å². The molecule has 0 radical (unpaired) electrons. The fourth-order valence-electron chi connectivity index (χ4n) is 14.4. The van der Waals surface area contributed by atoms with E-state index >= 15 is 0 Å². The Bertz CT molecular complexity index is 2080. The maximum absolute atomic E-state index is 13.0. The Labute approximate surface area is 361 Å². The zero-order valence-electron chi connectivity index (χ0n) is 36.7. The van der Waals surface area contributed by atoms with Crippen LogP contribution in [0.15, 0.2) is 48.5 Å². The highest BCUT2D eigenvalue weighted by Gasteiger charge is 2.61. The zero-order valence-corrected chi connectivity index (χ0v) is 36.7. The molecule has 9 rings (SSSR count). The number of benzene rings is 2. The van der Waals surface area contributed by atoms with E-state index < -0.39 is 53.5 Å². The SMILES string of the molecule is CC(C)CCC[C@@H](C)[C@H]1CCC2C3CCC4CC(Oc5ccc(C=CC(=O)Oc6ccc7c(c6)C6C(=O)OC(=O)C6CC7C6CC(=O)OC6=O)cc5)CC[C@]4(C)C3CC[C@@]21C. The van der Waals surface area contributed by atoms with E-state index in [-0.39, 0.29) is 24.7 Å². The van der Waals surface area contributed by atoms with Crippen LogP contribution < -0.4 is 9.47 Å². The van der Waals surface area contributed by atoms with Crippen molar-refractivity contribution in [3.05, 3.63) is 65.2 Å². The molecule has 9 nitrogen and oxygen atoms in total. The maximum atomic E-state index is 13.0. The van der Waals surface area contributed by atoms with Crippen molar-refractivity contribution in [1.82, 2.24) is 0 Å². The van der Waals surface area contributed by atoms with Crippen LogP contribution in [0.5, 0.6) is 11.5 Å². The van der Waals surface area contributed by atoms with E-state index in [2.05, 4.69) is 34.6 Å². The van der Waals surface area contributed by atoms with E-state index in [1.165, 1.54) is 70.3 Å². The lowest BCUT2D eigenvalue weighted by Gasteiger charge is -2.61. The lowest BCUT2D eigenvalue weighted by Crippen LogP contribution is -2.54. The van der Waals surface area contributed by atoms with E-state index in [0.717, 1.165) is 59.7 Å². The number of fused-ring (bicyclic) bond motifs is 8. The molecule has 326 valence electrons. The normalized spacial score (nSPS) is 37.0. The average Bonchev–Trinajstić information content (AvgIpc) is 3.86. The van der Waals surface area contributed by atoms with Crippen molar-refractivity contribution >= 4 is 35.9 Å². The molecule has 2 aromatic rings. The average molecular weight is 833 g/mol. The van der Waals surface area contributed by atoms with Gasteiger partial charge in [0.2, 0.25) is 0 Å². The van der Waals surface area contributed by atoms with E-state index in [1.54, 1.807) is 24.3 Å². The molecular formula is C52H64O9. The molecular weight excluding hydrogens is 769 g/mol. The smallest absolute Gasteiger partial charge is 0.336 e. The summed E-state index contributed by atoms with van der Waals surface area (Å²) in [6, 6.07) is 12.7. The molecule has 6 fully saturated rings. The van der Waals surface area contributed by atoms with E-state index in [9.17, 15) is 24.0 Å².